The quantitative estimate of drug-likeness (QED) is 0.252. The predicted molar refractivity (Wildman–Crippen MR) is 145 cm³/mol. The van der Waals surface area contributed by atoms with Gasteiger partial charge in [0.2, 0.25) is 0 Å². The molecule has 37 heavy (non-hydrogen) atoms. The molecule has 8 nitrogen and oxygen atoms in total. The summed E-state index contributed by atoms with van der Waals surface area (Å²) in [6.45, 7) is 1.66. The van der Waals surface area contributed by atoms with Crippen molar-refractivity contribution < 1.29 is 23.0 Å². The molecular weight excluding hydrogens is 490 g/mol. The van der Waals surface area contributed by atoms with Crippen molar-refractivity contribution in [2.45, 2.75) is 29.2 Å². The van der Waals surface area contributed by atoms with E-state index in [0.717, 1.165) is 47.7 Å². The lowest BCUT2D eigenvalue weighted by Crippen LogP contribution is -2.49. The monoisotopic (exact) mass is 523 g/mol. The Kier molecular flexibility index (Phi) is 7.66. The molecule has 1 unspecified atom stereocenters. The molecule has 4 N–H and O–H groups in total. The highest BCUT2D eigenvalue weighted by Crippen LogP contribution is 2.33. The molecule has 0 spiro atoms. The smallest absolute Gasteiger partial charge is 0.194 e. The van der Waals surface area contributed by atoms with Crippen molar-refractivity contribution in [2.75, 3.05) is 33.4 Å². The number of hydrogen-bond acceptors (Lipinski definition) is 7. The topological polar surface area (TPSA) is 113 Å². The molecule has 2 atom stereocenters. The summed E-state index contributed by atoms with van der Waals surface area (Å²) >= 11 is 0. The van der Waals surface area contributed by atoms with Crippen LogP contribution in [0, 0.1) is 5.92 Å². The van der Waals surface area contributed by atoms with E-state index in [0.29, 0.717) is 11.5 Å². The van der Waals surface area contributed by atoms with Crippen molar-refractivity contribution in [2.24, 2.45) is 5.92 Å². The van der Waals surface area contributed by atoms with E-state index in [-0.39, 0.29) is 24.0 Å². The molecule has 1 saturated heterocycles. The number of aliphatic hydroxyl groups is 1. The average Bonchev–Trinajstić information content (AvgIpc) is 3.32. The highest BCUT2D eigenvalue weighted by molar-refractivity contribution is 7.92. The van der Waals surface area contributed by atoms with Crippen LogP contribution in [-0.4, -0.2) is 63.3 Å². The number of H-pyrrole nitrogens is 1. The number of methoxy groups -OCH3 is 1. The van der Waals surface area contributed by atoms with Crippen LogP contribution in [0.5, 0.6) is 11.5 Å². The van der Waals surface area contributed by atoms with Crippen LogP contribution in [0.2, 0.25) is 0 Å². The van der Waals surface area contributed by atoms with Gasteiger partial charge >= 0.3 is 0 Å². The maximum Gasteiger partial charge on any atom is 0.194 e. The molecule has 0 saturated carbocycles. The Morgan fingerprint density at radius 1 is 1.00 bits per heavy atom. The van der Waals surface area contributed by atoms with Crippen molar-refractivity contribution in [3.63, 3.8) is 0 Å². The molecule has 5 rings (SSSR count). The van der Waals surface area contributed by atoms with Gasteiger partial charge in [-0.05, 0) is 74.3 Å². The van der Waals surface area contributed by atoms with Crippen molar-refractivity contribution in [3.05, 3.63) is 66.7 Å². The van der Waals surface area contributed by atoms with E-state index in [1.165, 1.54) is 0 Å². The third-order valence-electron chi connectivity index (χ3n) is 7.01. The Bertz CT molecular complexity index is 1450. The summed E-state index contributed by atoms with van der Waals surface area (Å²) in [7, 11) is -2.14. The number of piperidine rings is 1. The lowest BCUT2D eigenvalue weighted by Gasteiger charge is -2.31. The number of rotatable bonds is 10. The number of hydrogen-bond donors (Lipinski definition) is 4. The molecule has 1 aromatic heterocycles. The van der Waals surface area contributed by atoms with Crippen LogP contribution in [0.4, 0.5) is 0 Å². The summed E-state index contributed by atoms with van der Waals surface area (Å²) in [5, 5.41) is 18.5. The number of ether oxygens (including phenoxy) is 2. The van der Waals surface area contributed by atoms with Crippen LogP contribution >= 0.6 is 0 Å². The third-order valence-corrected chi connectivity index (χ3v) is 9.16. The zero-order valence-electron chi connectivity index (χ0n) is 20.8. The van der Waals surface area contributed by atoms with E-state index in [1.54, 1.807) is 31.4 Å². The second-order valence-corrected chi connectivity index (χ2v) is 11.5. The Hall–Kier alpha value is -3.11. The number of aromatic nitrogens is 1. The molecule has 1 aliphatic heterocycles. The Balaban J connectivity index is 1.29. The molecular formula is C28H33N3O5S. The summed E-state index contributed by atoms with van der Waals surface area (Å²) in [6.07, 6.45) is 0.584. The molecule has 3 aromatic carbocycles. The summed E-state index contributed by atoms with van der Waals surface area (Å²) in [5.74, 6) is 1.21. The second-order valence-electron chi connectivity index (χ2n) is 9.45. The average molecular weight is 524 g/mol. The Morgan fingerprint density at radius 3 is 2.49 bits per heavy atom. The van der Waals surface area contributed by atoms with Crippen LogP contribution < -0.4 is 20.1 Å². The maximum atomic E-state index is 13.6. The first-order chi connectivity index (χ1) is 18.0. The summed E-state index contributed by atoms with van der Waals surface area (Å²) in [6, 6.07) is 20.3. The van der Waals surface area contributed by atoms with E-state index in [1.807, 2.05) is 42.5 Å². The first-order valence-corrected chi connectivity index (χ1v) is 14.1. The number of fused-ring (bicyclic) bond motifs is 3. The van der Waals surface area contributed by atoms with Gasteiger partial charge in [0, 0.05) is 22.8 Å². The highest BCUT2D eigenvalue weighted by atomic mass is 32.2. The molecule has 0 radical (unpaired) electrons. The van der Waals surface area contributed by atoms with Gasteiger partial charge in [-0.1, -0.05) is 24.3 Å². The maximum absolute atomic E-state index is 13.6. The number of sulfone groups is 1. The predicted octanol–water partition coefficient (Wildman–Crippen LogP) is 3.46. The third kappa shape index (κ3) is 5.45. The second kappa shape index (κ2) is 11.1. The van der Waals surface area contributed by atoms with Crippen LogP contribution in [0.15, 0.2) is 71.6 Å². The Labute approximate surface area is 216 Å². The molecule has 0 bridgehead atoms. The lowest BCUT2D eigenvalue weighted by atomic mass is 9.98. The van der Waals surface area contributed by atoms with E-state index >= 15 is 0 Å². The molecule has 196 valence electrons. The van der Waals surface area contributed by atoms with Gasteiger partial charge in [-0.3, -0.25) is 5.32 Å². The van der Waals surface area contributed by atoms with Crippen molar-refractivity contribution in [1.82, 2.24) is 15.6 Å². The number of aliphatic hydroxyl groups excluding tert-OH is 1. The van der Waals surface area contributed by atoms with Gasteiger partial charge in [0.15, 0.2) is 9.84 Å². The first kappa shape index (κ1) is 25.5. The van der Waals surface area contributed by atoms with Gasteiger partial charge in [-0.2, -0.15) is 0 Å². The number of aromatic amines is 1. The molecule has 0 aliphatic carbocycles. The minimum Gasteiger partial charge on any atom is -0.497 e. The molecule has 9 heteroatoms. The molecule has 4 aromatic rings. The van der Waals surface area contributed by atoms with Crippen LogP contribution in [0.1, 0.15) is 12.8 Å². The fraction of sp³-hybridized carbons (Fsp3) is 0.357. The zero-order chi connectivity index (χ0) is 25.8. The minimum absolute atomic E-state index is 0.0349. The number of nitrogens with one attached hydrogen (secondary N) is 3. The van der Waals surface area contributed by atoms with Crippen molar-refractivity contribution >= 4 is 31.6 Å². The normalized spacial score (nSPS) is 16.6. The van der Waals surface area contributed by atoms with Gasteiger partial charge in [0.05, 0.1) is 17.5 Å². The zero-order valence-corrected chi connectivity index (χ0v) is 21.6. The van der Waals surface area contributed by atoms with Gasteiger partial charge < -0.3 is 24.9 Å². The lowest BCUT2D eigenvalue weighted by molar-refractivity contribution is 0.104. The largest absolute Gasteiger partial charge is 0.497 e. The number of para-hydroxylation sites is 1. The highest BCUT2D eigenvalue weighted by Gasteiger charge is 2.35. The van der Waals surface area contributed by atoms with Gasteiger partial charge in [-0.25, -0.2) is 8.42 Å². The van der Waals surface area contributed by atoms with Crippen LogP contribution in [-0.2, 0) is 9.84 Å². The Morgan fingerprint density at radius 2 is 1.73 bits per heavy atom. The molecule has 1 fully saturated rings. The van der Waals surface area contributed by atoms with Gasteiger partial charge in [0.25, 0.3) is 0 Å². The van der Waals surface area contributed by atoms with Crippen molar-refractivity contribution in [3.8, 4) is 11.5 Å². The fourth-order valence-corrected chi connectivity index (χ4v) is 6.98. The summed E-state index contributed by atoms with van der Waals surface area (Å²) in [5.41, 5.74) is 1.98. The first-order valence-electron chi connectivity index (χ1n) is 12.6. The minimum atomic E-state index is -3.68. The molecule has 1 aliphatic rings. The summed E-state index contributed by atoms with van der Waals surface area (Å²) in [4.78, 5) is 3.62. The van der Waals surface area contributed by atoms with Crippen LogP contribution in [0.3, 0.4) is 0 Å². The number of benzene rings is 3. The molecule has 0 amide bonds. The van der Waals surface area contributed by atoms with Crippen molar-refractivity contribution in [1.29, 1.82) is 0 Å². The van der Waals surface area contributed by atoms with Crippen LogP contribution in [0.25, 0.3) is 21.8 Å². The van der Waals surface area contributed by atoms with E-state index in [9.17, 15) is 13.5 Å². The van der Waals surface area contributed by atoms with Gasteiger partial charge in [0.1, 0.15) is 29.6 Å². The fourth-order valence-electron chi connectivity index (χ4n) is 5.07. The summed E-state index contributed by atoms with van der Waals surface area (Å²) < 4.78 is 38.5. The standard InChI is InChI=1S/C28H33N3O5S/c1-35-21-9-11-22(12-10-21)37(33,34)28(19-13-15-29-16-14-19)30-17-20(32)18-36-26-8-4-7-25-27(26)23-5-2-3-6-24(23)31-25/h2-12,19-20,28-32H,13-18H2,1H3/t20-,28?/m0/s1. The SMILES string of the molecule is COc1ccc(S(=O)(=O)C(NC[C@H](O)COc2cccc3[nH]c4ccccc4c23)C2CCNCC2)cc1. The van der Waals surface area contributed by atoms with E-state index < -0.39 is 21.3 Å². The van der Waals surface area contributed by atoms with Gasteiger partial charge in [-0.15, -0.1) is 0 Å². The van der Waals surface area contributed by atoms with E-state index in [4.69, 9.17) is 9.47 Å². The molecule has 2 heterocycles. The van der Waals surface area contributed by atoms with E-state index in [2.05, 4.69) is 15.6 Å².